The highest BCUT2D eigenvalue weighted by molar-refractivity contribution is 5.87. The molecule has 2 rings (SSSR count). The number of aromatic carboxylic acids is 1. The van der Waals surface area contributed by atoms with Crippen LogP contribution in [-0.4, -0.2) is 70.6 Å². The van der Waals surface area contributed by atoms with Crippen LogP contribution in [0.2, 0.25) is 0 Å². The second-order valence-corrected chi connectivity index (χ2v) is 6.10. The molecule has 7 nitrogen and oxygen atoms in total. The number of carbonyl (C=O) groups is 2. The van der Waals surface area contributed by atoms with E-state index in [1.807, 2.05) is 11.0 Å². The second-order valence-electron chi connectivity index (χ2n) is 6.10. The third-order valence-electron chi connectivity index (χ3n) is 4.24. The lowest BCUT2D eigenvalue weighted by Crippen LogP contribution is -2.50. The zero-order valence-corrected chi connectivity index (χ0v) is 14.6. The molecular weight excluding hydrogens is 322 g/mol. The second kappa shape index (κ2) is 9.17. The molecule has 7 heteroatoms. The predicted octanol–water partition coefficient (Wildman–Crippen LogP) is 1.66. The Kier molecular flexibility index (Phi) is 6.94. The Morgan fingerprint density at radius 1 is 1.36 bits per heavy atom. The first-order chi connectivity index (χ1) is 12.0. The maximum Gasteiger partial charge on any atom is 0.337 e. The van der Waals surface area contributed by atoms with E-state index < -0.39 is 5.97 Å². The minimum Gasteiger partial charge on any atom is -0.478 e. The van der Waals surface area contributed by atoms with Crippen molar-refractivity contribution in [3.8, 4) is 5.88 Å². The summed E-state index contributed by atoms with van der Waals surface area (Å²) in [4.78, 5) is 30.5. The Hall–Kier alpha value is -2.41. The standard InChI is InChI=1S/C18H25N3O4/c1-3-4-5-16(13-20-8-10-21(11-9-20)14(2)22)25-17-7-6-15(12-19-17)18(23)24/h3,6-7,12,16H,1,4-5,8-11,13H2,2H3,(H,23,24)/t16-/m1/s1. The highest BCUT2D eigenvalue weighted by Gasteiger charge is 2.22. The number of allylic oxidation sites excluding steroid dienone is 1. The van der Waals surface area contributed by atoms with Crippen molar-refractivity contribution >= 4 is 11.9 Å². The summed E-state index contributed by atoms with van der Waals surface area (Å²) in [5.74, 6) is -0.478. The normalized spacial score (nSPS) is 16.3. The Bertz CT molecular complexity index is 595. The van der Waals surface area contributed by atoms with Gasteiger partial charge < -0.3 is 14.7 Å². The zero-order valence-electron chi connectivity index (χ0n) is 14.6. The lowest BCUT2D eigenvalue weighted by atomic mass is 10.1. The number of pyridine rings is 1. The number of ether oxygens (including phenoxy) is 1. The van der Waals surface area contributed by atoms with Crippen LogP contribution in [0.25, 0.3) is 0 Å². The van der Waals surface area contributed by atoms with Crippen LogP contribution in [0.15, 0.2) is 31.0 Å². The molecule has 1 aromatic heterocycles. The van der Waals surface area contributed by atoms with Gasteiger partial charge in [-0.25, -0.2) is 9.78 Å². The van der Waals surface area contributed by atoms with Crippen molar-refractivity contribution in [1.29, 1.82) is 0 Å². The number of hydrogen-bond acceptors (Lipinski definition) is 5. The third kappa shape index (κ3) is 5.86. The minimum absolute atomic E-state index is 0.0648. The fourth-order valence-corrected chi connectivity index (χ4v) is 2.77. The topological polar surface area (TPSA) is 83.0 Å². The van der Waals surface area contributed by atoms with Crippen molar-refractivity contribution < 1.29 is 19.4 Å². The molecule has 1 fully saturated rings. The third-order valence-corrected chi connectivity index (χ3v) is 4.24. The lowest BCUT2D eigenvalue weighted by molar-refractivity contribution is -0.130. The van der Waals surface area contributed by atoms with E-state index in [-0.39, 0.29) is 17.6 Å². The summed E-state index contributed by atoms with van der Waals surface area (Å²) >= 11 is 0. The van der Waals surface area contributed by atoms with E-state index in [1.54, 1.807) is 13.0 Å². The molecule has 1 amide bonds. The molecule has 1 aliphatic heterocycles. The summed E-state index contributed by atoms with van der Waals surface area (Å²) in [5.41, 5.74) is 0.135. The SMILES string of the molecule is C=CCC[C@H](CN1CCN(C(C)=O)CC1)Oc1ccc(C(=O)O)cn1. The van der Waals surface area contributed by atoms with E-state index in [9.17, 15) is 9.59 Å². The van der Waals surface area contributed by atoms with Crippen LogP contribution in [0, 0.1) is 0 Å². The van der Waals surface area contributed by atoms with Crippen molar-refractivity contribution in [3.63, 3.8) is 0 Å². The smallest absolute Gasteiger partial charge is 0.337 e. The molecule has 1 aliphatic rings. The number of carbonyl (C=O) groups excluding carboxylic acids is 1. The number of rotatable bonds is 8. The molecule has 0 spiro atoms. The van der Waals surface area contributed by atoms with Gasteiger partial charge in [-0.2, -0.15) is 0 Å². The van der Waals surface area contributed by atoms with E-state index in [4.69, 9.17) is 9.84 Å². The van der Waals surface area contributed by atoms with Crippen LogP contribution < -0.4 is 4.74 Å². The minimum atomic E-state index is -1.01. The zero-order chi connectivity index (χ0) is 18.2. The average Bonchev–Trinajstić information content (AvgIpc) is 2.60. The molecule has 0 saturated carbocycles. The fourth-order valence-electron chi connectivity index (χ4n) is 2.77. The molecule has 0 radical (unpaired) electrons. The van der Waals surface area contributed by atoms with E-state index in [2.05, 4.69) is 16.5 Å². The van der Waals surface area contributed by atoms with Gasteiger partial charge in [0.15, 0.2) is 0 Å². The molecule has 0 aromatic carbocycles. The van der Waals surface area contributed by atoms with Crippen LogP contribution in [-0.2, 0) is 4.79 Å². The fraction of sp³-hybridized carbons (Fsp3) is 0.500. The predicted molar refractivity (Wildman–Crippen MR) is 93.7 cm³/mol. The molecule has 1 N–H and O–H groups in total. The van der Waals surface area contributed by atoms with Crippen LogP contribution in [0.4, 0.5) is 0 Å². The van der Waals surface area contributed by atoms with Crippen molar-refractivity contribution in [2.45, 2.75) is 25.9 Å². The average molecular weight is 347 g/mol. The largest absolute Gasteiger partial charge is 0.478 e. The maximum atomic E-state index is 11.4. The summed E-state index contributed by atoms with van der Waals surface area (Å²) < 4.78 is 5.95. The van der Waals surface area contributed by atoms with Crippen LogP contribution in [0.3, 0.4) is 0 Å². The van der Waals surface area contributed by atoms with Gasteiger partial charge in [0.25, 0.3) is 0 Å². The van der Waals surface area contributed by atoms with Gasteiger partial charge in [-0.1, -0.05) is 6.08 Å². The molecule has 2 heterocycles. The van der Waals surface area contributed by atoms with E-state index in [0.717, 1.165) is 45.6 Å². The first-order valence-electron chi connectivity index (χ1n) is 8.44. The number of hydrogen-bond donors (Lipinski definition) is 1. The van der Waals surface area contributed by atoms with E-state index in [0.29, 0.717) is 5.88 Å². The number of carboxylic acid groups (broad SMARTS) is 1. The highest BCUT2D eigenvalue weighted by atomic mass is 16.5. The molecule has 1 saturated heterocycles. The molecule has 1 atom stereocenters. The Labute approximate surface area is 147 Å². The lowest BCUT2D eigenvalue weighted by Gasteiger charge is -2.35. The van der Waals surface area contributed by atoms with Gasteiger partial charge in [0.2, 0.25) is 11.8 Å². The van der Waals surface area contributed by atoms with Crippen molar-refractivity contribution in [2.75, 3.05) is 32.7 Å². The molecule has 25 heavy (non-hydrogen) atoms. The Morgan fingerprint density at radius 2 is 2.08 bits per heavy atom. The van der Waals surface area contributed by atoms with Crippen LogP contribution in [0.5, 0.6) is 5.88 Å². The van der Waals surface area contributed by atoms with E-state index >= 15 is 0 Å². The summed E-state index contributed by atoms with van der Waals surface area (Å²) in [6.45, 7) is 9.19. The summed E-state index contributed by atoms with van der Waals surface area (Å²) in [6, 6.07) is 3.07. The number of amides is 1. The number of carboxylic acids is 1. The highest BCUT2D eigenvalue weighted by Crippen LogP contribution is 2.14. The van der Waals surface area contributed by atoms with Crippen molar-refractivity contribution in [3.05, 3.63) is 36.5 Å². The molecule has 0 unspecified atom stereocenters. The quantitative estimate of drug-likeness (QED) is 0.720. The number of piperazine rings is 1. The molecule has 1 aromatic rings. The number of nitrogens with zero attached hydrogens (tertiary/aromatic N) is 3. The molecule has 0 bridgehead atoms. The van der Waals surface area contributed by atoms with Gasteiger partial charge in [0, 0.05) is 51.9 Å². The van der Waals surface area contributed by atoms with Crippen LogP contribution >= 0.6 is 0 Å². The molecule has 0 aliphatic carbocycles. The maximum absolute atomic E-state index is 11.4. The van der Waals surface area contributed by atoms with Gasteiger partial charge in [0.05, 0.1) is 5.56 Å². The first kappa shape index (κ1) is 18.9. The first-order valence-corrected chi connectivity index (χ1v) is 8.44. The Balaban J connectivity index is 1.93. The Morgan fingerprint density at radius 3 is 2.60 bits per heavy atom. The summed E-state index contributed by atoms with van der Waals surface area (Å²) in [7, 11) is 0. The van der Waals surface area contributed by atoms with Gasteiger partial charge in [-0.05, 0) is 18.9 Å². The summed E-state index contributed by atoms with van der Waals surface area (Å²) in [5, 5.41) is 8.92. The van der Waals surface area contributed by atoms with Gasteiger partial charge in [-0.15, -0.1) is 6.58 Å². The van der Waals surface area contributed by atoms with Gasteiger partial charge >= 0.3 is 5.97 Å². The van der Waals surface area contributed by atoms with Gasteiger partial charge in [-0.3, -0.25) is 9.69 Å². The van der Waals surface area contributed by atoms with E-state index in [1.165, 1.54) is 12.3 Å². The molecule has 136 valence electrons. The van der Waals surface area contributed by atoms with Gasteiger partial charge in [0.1, 0.15) is 6.10 Å². The van der Waals surface area contributed by atoms with Crippen molar-refractivity contribution in [1.82, 2.24) is 14.8 Å². The van der Waals surface area contributed by atoms with Crippen LogP contribution in [0.1, 0.15) is 30.1 Å². The monoisotopic (exact) mass is 347 g/mol. The summed E-state index contributed by atoms with van der Waals surface area (Å²) in [6.07, 6.45) is 4.72. The van der Waals surface area contributed by atoms with Crippen molar-refractivity contribution in [2.24, 2.45) is 0 Å². The number of aromatic nitrogens is 1. The molecular formula is C18H25N3O4.